The summed E-state index contributed by atoms with van der Waals surface area (Å²) in [6.07, 6.45) is 75.1. The van der Waals surface area contributed by atoms with Crippen molar-refractivity contribution >= 4 is 17.9 Å². The maximum absolute atomic E-state index is 12.8. The van der Waals surface area contributed by atoms with Gasteiger partial charge in [-0.2, -0.15) is 0 Å². The minimum absolute atomic E-state index is 0.124. The molecular weight excluding hydrogens is 805 g/mol. The van der Waals surface area contributed by atoms with E-state index in [9.17, 15) is 14.4 Å². The number of hydrogen-bond donors (Lipinski definition) is 0. The van der Waals surface area contributed by atoms with E-state index in [4.69, 9.17) is 14.2 Å². The lowest BCUT2D eigenvalue weighted by Crippen LogP contribution is -2.30. The largest absolute Gasteiger partial charge is 0.462 e. The zero-order chi connectivity index (χ0) is 47.2. The van der Waals surface area contributed by atoms with Gasteiger partial charge in [0.1, 0.15) is 13.2 Å². The molecule has 0 saturated carbocycles. The summed E-state index contributed by atoms with van der Waals surface area (Å²) in [5.74, 6) is -1.04. The highest BCUT2D eigenvalue weighted by atomic mass is 16.6. The van der Waals surface area contributed by atoms with Gasteiger partial charge in [0.2, 0.25) is 0 Å². The molecule has 0 amide bonds. The molecule has 0 aliphatic rings. The van der Waals surface area contributed by atoms with Crippen LogP contribution in [0.1, 0.15) is 175 Å². The Bertz CT molecular complexity index is 1540. The summed E-state index contributed by atoms with van der Waals surface area (Å²) in [7, 11) is 0. The Labute approximate surface area is 397 Å². The van der Waals surface area contributed by atoms with Crippen LogP contribution < -0.4 is 0 Å². The molecule has 0 radical (unpaired) electrons. The van der Waals surface area contributed by atoms with E-state index in [0.717, 1.165) is 116 Å². The van der Waals surface area contributed by atoms with Gasteiger partial charge in [0, 0.05) is 19.3 Å². The molecule has 1 atom stereocenters. The third kappa shape index (κ3) is 49.9. The van der Waals surface area contributed by atoms with Gasteiger partial charge < -0.3 is 14.2 Å². The number of unbranched alkanes of at least 4 members (excludes halogenated alkanes) is 12. The van der Waals surface area contributed by atoms with Gasteiger partial charge in [-0.25, -0.2) is 0 Å². The molecule has 0 spiro atoms. The molecule has 1 unspecified atom stereocenters. The van der Waals surface area contributed by atoms with E-state index < -0.39 is 6.10 Å². The van der Waals surface area contributed by atoms with Crippen LogP contribution in [0.3, 0.4) is 0 Å². The third-order valence-corrected chi connectivity index (χ3v) is 9.73. The van der Waals surface area contributed by atoms with Crippen LogP contribution in [0.5, 0.6) is 0 Å². The normalized spacial score (nSPS) is 13.5. The number of rotatable bonds is 42. The van der Waals surface area contributed by atoms with E-state index in [1.807, 2.05) is 85.1 Å². The molecule has 0 aromatic rings. The van der Waals surface area contributed by atoms with Gasteiger partial charge in [-0.15, -0.1) is 0 Å². The minimum atomic E-state index is -0.830. The van der Waals surface area contributed by atoms with Crippen LogP contribution in [0, 0.1) is 0 Å². The van der Waals surface area contributed by atoms with Crippen molar-refractivity contribution in [3.8, 4) is 0 Å². The first kappa shape index (κ1) is 60.0. The van der Waals surface area contributed by atoms with Gasteiger partial charge >= 0.3 is 17.9 Å². The standard InChI is InChI=1S/C59H88O6/c1-4-7-10-13-16-19-22-25-27-28-29-30-32-34-37-40-43-46-49-52-58(61)64-55-56(54-63-57(60)51-48-45-42-39-36-33-24-21-18-15-12-9-6-3)65-59(62)53-50-47-44-41-38-35-31-26-23-20-17-14-11-8-5-2/h7-12,14-21,23-27,29-31,33,35-36,38,56H,4-6,13,22,28,32,34,37,39-55H2,1-3H3/b10-7+,11-8+,12-9+,17-14+,18-15+,19-16+,23-20+,24-21+,27-25+,30-29+,31-26+,36-33+,38-35+. The number of allylic oxidation sites excluding steroid dienone is 26. The summed E-state index contributed by atoms with van der Waals surface area (Å²) in [5.41, 5.74) is 0. The zero-order valence-electron chi connectivity index (χ0n) is 40.9. The summed E-state index contributed by atoms with van der Waals surface area (Å²) in [6.45, 7) is 6.12. The molecule has 6 heteroatoms. The first-order chi connectivity index (χ1) is 32.0. The van der Waals surface area contributed by atoms with Crippen LogP contribution in [0.4, 0.5) is 0 Å². The van der Waals surface area contributed by atoms with Gasteiger partial charge in [-0.05, 0) is 96.3 Å². The summed E-state index contributed by atoms with van der Waals surface area (Å²) in [5, 5.41) is 0. The first-order valence-electron chi connectivity index (χ1n) is 25.1. The van der Waals surface area contributed by atoms with Gasteiger partial charge in [-0.3, -0.25) is 14.4 Å². The molecule has 360 valence electrons. The number of carbonyl (C=O) groups excluding carboxylic acids is 3. The van der Waals surface area contributed by atoms with Crippen molar-refractivity contribution in [2.75, 3.05) is 13.2 Å². The summed E-state index contributed by atoms with van der Waals surface area (Å²) in [6, 6.07) is 0. The molecule has 0 fully saturated rings. The highest BCUT2D eigenvalue weighted by Crippen LogP contribution is 2.12. The zero-order valence-corrected chi connectivity index (χ0v) is 40.9. The van der Waals surface area contributed by atoms with Crippen molar-refractivity contribution in [2.45, 2.75) is 181 Å². The minimum Gasteiger partial charge on any atom is -0.462 e. The number of hydrogen-bond acceptors (Lipinski definition) is 6. The Kier molecular flexibility index (Phi) is 47.7. The molecule has 0 aliphatic carbocycles. The Balaban J connectivity index is 4.57. The monoisotopic (exact) mass is 893 g/mol. The van der Waals surface area contributed by atoms with Gasteiger partial charge in [0.15, 0.2) is 6.10 Å². The SMILES string of the molecule is CC/C=C/C=C/C=C/C=C/C=C/CCCCCC(=O)OC(COC(=O)CCCCC/C=C/C=C/C=C/C=C/CC)COC(=O)CCCCCCCC/C=C/C/C=C/C/C=C/C/C=C/CC. The van der Waals surface area contributed by atoms with Crippen LogP contribution in [-0.4, -0.2) is 37.2 Å². The van der Waals surface area contributed by atoms with E-state index >= 15 is 0 Å². The highest BCUT2D eigenvalue weighted by molar-refractivity contribution is 5.71. The van der Waals surface area contributed by atoms with Crippen molar-refractivity contribution in [2.24, 2.45) is 0 Å². The number of esters is 3. The van der Waals surface area contributed by atoms with E-state index in [-0.39, 0.29) is 37.5 Å². The lowest BCUT2D eigenvalue weighted by Gasteiger charge is -2.18. The first-order valence-corrected chi connectivity index (χ1v) is 25.1. The highest BCUT2D eigenvalue weighted by Gasteiger charge is 2.19. The molecule has 0 aliphatic heterocycles. The Hall–Kier alpha value is -4.97. The molecule has 0 saturated heterocycles. The molecule has 0 rings (SSSR count). The predicted octanol–water partition coefficient (Wildman–Crippen LogP) is 16.6. The third-order valence-electron chi connectivity index (χ3n) is 9.73. The number of carbonyl (C=O) groups is 3. The van der Waals surface area contributed by atoms with Crippen molar-refractivity contribution < 1.29 is 28.6 Å². The number of ether oxygens (including phenoxy) is 3. The lowest BCUT2D eigenvalue weighted by atomic mass is 10.1. The smallest absolute Gasteiger partial charge is 0.306 e. The van der Waals surface area contributed by atoms with E-state index in [1.54, 1.807) is 0 Å². The molecule has 0 heterocycles. The second-order valence-corrected chi connectivity index (χ2v) is 15.8. The lowest BCUT2D eigenvalue weighted by molar-refractivity contribution is -0.167. The molecule has 0 aromatic heterocycles. The van der Waals surface area contributed by atoms with E-state index in [1.165, 1.54) is 12.8 Å². The average molecular weight is 893 g/mol. The molecule has 0 bridgehead atoms. The van der Waals surface area contributed by atoms with Crippen LogP contribution in [-0.2, 0) is 28.6 Å². The fourth-order valence-corrected chi connectivity index (χ4v) is 6.05. The van der Waals surface area contributed by atoms with Gasteiger partial charge in [-0.1, -0.05) is 217 Å². The molecule has 6 nitrogen and oxygen atoms in total. The fourth-order valence-electron chi connectivity index (χ4n) is 6.05. The van der Waals surface area contributed by atoms with Gasteiger partial charge in [0.05, 0.1) is 0 Å². The molecular formula is C59H88O6. The summed E-state index contributed by atoms with van der Waals surface area (Å²) >= 11 is 0. The summed E-state index contributed by atoms with van der Waals surface area (Å²) < 4.78 is 16.7. The Morgan fingerprint density at radius 1 is 0.323 bits per heavy atom. The predicted molar refractivity (Wildman–Crippen MR) is 278 cm³/mol. The fraction of sp³-hybridized carbons (Fsp3) is 0.508. The topological polar surface area (TPSA) is 78.9 Å². The van der Waals surface area contributed by atoms with Crippen molar-refractivity contribution in [1.29, 1.82) is 0 Å². The maximum atomic E-state index is 12.8. The van der Waals surface area contributed by atoms with Crippen molar-refractivity contribution in [1.82, 2.24) is 0 Å². The maximum Gasteiger partial charge on any atom is 0.306 e. The Morgan fingerprint density at radius 3 is 1.06 bits per heavy atom. The van der Waals surface area contributed by atoms with Crippen LogP contribution in [0.25, 0.3) is 0 Å². The Morgan fingerprint density at radius 2 is 0.631 bits per heavy atom. The van der Waals surface area contributed by atoms with E-state index in [0.29, 0.717) is 19.3 Å². The molecule has 65 heavy (non-hydrogen) atoms. The second-order valence-electron chi connectivity index (χ2n) is 15.8. The van der Waals surface area contributed by atoms with Crippen LogP contribution in [0.15, 0.2) is 158 Å². The molecule has 0 aromatic carbocycles. The quantitative estimate of drug-likeness (QED) is 0.0200. The summed E-state index contributed by atoms with van der Waals surface area (Å²) in [4.78, 5) is 38.0. The van der Waals surface area contributed by atoms with Crippen molar-refractivity contribution in [3.05, 3.63) is 158 Å². The second kappa shape index (κ2) is 51.7. The van der Waals surface area contributed by atoms with Crippen LogP contribution in [0.2, 0.25) is 0 Å². The van der Waals surface area contributed by atoms with Crippen LogP contribution >= 0.6 is 0 Å². The van der Waals surface area contributed by atoms with Gasteiger partial charge in [0.25, 0.3) is 0 Å². The average Bonchev–Trinajstić information content (AvgIpc) is 3.30. The van der Waals surface area contributed by atoms with Crippen molar-refractivity contribution in [3.63, 3.8) is 0 Å². The molecule has 0 N–H and O–H groups in total. The van der Waals surface area contributed by atoms with E-state index in [2.05, 4.69) is 93.7 Å².